The van der Waals surface area contributed by atoms with Crippen LogP contribution in [0, 0.1) is 0 Å². The Labute approximate surface area is 115 Å². The third-order valence-electron chi connectivity index (χ3n) is 4.01. The molecule has 1 aromatic carbocycles. The summed E-state index contributed by atoms with van der Waals surface area (Å²) < 4.78 is 0. The molecule has 1 aromatic rings. The summed E-state index contributed by atoms with van der Waals surface area (Å²) in [7, 11) is 2.10. The second-order valence-electron chi connectivity index (χ2n) is 5.56. The number of hydrogen-bond donors (Lipinski definition) is 2. The fourth-order valence-electron chi connectivity index (χ4n) is 2.55. The standard InChI is InChI=1S/C15H23N3O/c1-15(16,12-7-4-3-5-8-12)14(19)17-11-13-9-6-10-18(13)2/h3-5,7-8,13H,6,9-11,16H2,1-2H3,(H,17,19). The zero-order valence-corrected chi connectivity index (χ0v) is 11.7. The van der Waals surface area contributed by atoms with E-state index >= 15 is 0 Å². The molecule has 1 heterocycles. The van der Waals surface area contributed by atoms with E-state index in [9.17, 15) is 4.79 Å². The maximum absolute atomic E-state index is 12.3. The molecule has 1 aliphatic heterocycles. The van der Waals surface area contributed by atoms with Gasteiger partial charge in [-0.1, -0.05) is 30.3 Å². The zero-order chi connectivity index (χ0) is 13.9. The Morgan fingerprint density at radius 1 is 1.47 bits per heavy atom. The maximum atomic E-state index is 12.3. The minimum Gasteiger partial charge on any atom is -0.353 e. The molecule has 0 aliphatic carbocycles. The van der Waals surface area contributed by atoms with Gasteiger partial charge in [0.2, 0.25) is 5.91 Å². The number of nitrogens with one attached hydrogen (secondary N) is 1. The molecule has 3 N–H and O–H groups in total. The summed E-state index contributed by atoms with van der Waals surface area (Å²) in [4.78, 5) is 14.6. The van der Waals surface area contributed by atoms with Gasteiger partial charge < -0.3 is 16.0 Å². The predicted molar refractivity (Wildman–Crippen MR) is 76.6 cm³/mol. The van der Waals surface area contributed by atoms with Gasteiger partial charge in [0.05, 0.1) is 0 Å². The Bertz CT molecular complexity index is 430. The van der Waals surface area contributed by atoms with E-state index in [0.29, 0.717) is 12.6 Å². The van der Waals surface area contributed by atoms with Gasteiger partial charge in [-0.2, -0.15) is 0 Å². The van der Waals surface area contributed by atoms with Crippen LogP contribution in [0.5, 0.6) is 0 Å². The molecule has 0 aromatic heterocycles. The van der Waals surface area contributed by atoms with E-state index in [4.69, 9.17) is 5.73 Å². The van der Waals surface area contributed by atoms with E-state index in [1.807, 2.05) is 30.3 Å². The molecule has 1 amide bonds. The summed E-state index contributed by atoms with van der Waals surface area (Å²) in [5.74, 6) is -0.112. The topological polar surface area (TPSA) is 58.4 Å². The van der Waals surface area contributed by atoms with Crippen LogP contribution in [-0.2, 0) is 10.3 Å². The molecule has 19 heavy (non-hydrogen) atoms. The second-order valence-corrected chi connectivity index (χ2v) is 5.56. The highest BCUT2D eigenvalue weighted by Crippen LogP contribution is 2.18. The molecule has 2 unspecified atom stereocenters. The van der Waals surface area contributed by atoms with Crippen molar-refractivity contribution in [3.63, 3.8) is 0 Å². The van der Waals surface area contributed by atoms with E-state index in [1.54, 1.807) is 6.92 Å². The van der Waals surface area contributed by atoms with E-state index in [0.717, 1.165) is 18.5 Å². The lowest BCUT2D eigenvalue weighted by Crippen LogP contribution is -2.51. The molecule has 2 rings (SSSR count). The van der Waals surface area contributed by atoms with E-state index < -0.39 is 5.54 Å². The molecule has 1 aliphatic rings. The van der Waals surface area contributed by atoms with Crippen LogP contribution >= 0.6 is 0 Å². The Hall–Kier alpha value is -1.39. The highest BCUT2D eigenvalue weighted by atomic mass is 16.2. The van der Waals surface area contributed by atoms with Crippen molar-refractivity contribution in [1.82, 2.24) is 10.2 Å². The van der Waals surface area contributed by atoms with Gasteiger partial charge in [-0.05, 0) is 38.9 Å². The summed E-state index contributed by atoms with van der Waals surface area (Å²) in [5.41, 5.74) is 6.04. The molecular weight excluding hydrogens is 238 g/mol. The molecule has 0 bridgehead atoms. The monoisotopic (exact) mass is 261 g/mol. The number of nitrogens with zero attached hydrogens (tertiary/aromatic N) is 1. The van der Waals surface area contributed by atoms with Crippen molar-refractivity contribution in [1.29, 1.82) is 0 Å². The fraction of sp³-hybridized carbons (Fsp3) is 0.533. The lowest BCUT2D eigenvalue weighted by atomic mass is 9.92. The summed E-state index contributed by atoms with van der Waals surface area (Å²) in [6.07, 6.45) is 2.35. The Balaban J connectivity index is 1.95. The lowest BCUT2D eigenvalue weighted by Gasteiger charge is -2.26. The van der Waals surface area contributed by atoms with Crippen LogP contribution in [0.4, 0.5) is 0 Å². The molecule has 4 heteroatoms. The summed E-state index contributed by atoms with van der Waals surface area (Å²) >= 11 is 0. The molecule has 2 atom stereocenters. The quantitative estimate of drug-likeness (QED) is 0.852. The molecule has 0 radical (unpaired) electrons. The zero-order valence-electron chi connectivity index (χ0n) is 11.7. The smallest absolute Gasteiger partial charge is 0.244 e. The third kappa shape index (κ3) is 3.14. The van der Waals surface area contributed by atoms with Crippen LogP contribution in [0.2, 0.25) is 0 Å². The van der Waals surface area contributed by atoms with Gasteiger partial charge in [-0.3, -0.25) is 4.79 Å². The van der Waals surface area contributed by atoms with Crippen LogP contribution in [0.3, 0.4) is 0 Å². The van der Waals surface area contributed by atoms with Gasteiger partial charge in [0, 0.05) is 12.6 Å². The van der Waals surface area contributed by atoms with Crippen molar-refractivity contribution in [2.45, 2.75) is 31.3 Å². The average molecular weight is 261 g/mol. The number of rotatable bonds is 4. The predicted octanol–water partition coefficient (Wildman–Crippen LogP) is 1.07. The number of carbonyl (C=O) groups excluding carboxylic acids is 1. The molecular formula is C15H23N3O. The SMILES string of the molecule is CN1CCCC1CNC(=O)C(C)(N)c1ccccc1. The van der Waals surface area contributed by atoms with Crippen molar-refractivity contribution in [2.75, 3.05) is 20.1 Å². The van der Waals surface area contributed by atoms with Crippen molar-refractivity contribution in [3.05, 3.63) is 35.9 Å². The minimum atomic E-state index is -0.974. The van der Waals surface area contributed by atoms with Crippen molar-refractivity contribution in [2.24, 2.45) is 5.73 Å². The molecule has 1 saturated heterocycles. The number of likely N-dealkylation sites (N-methyl/N-ethyl adjacent to an activating group) is 1. The Kier molecular flexibility index (Phi) is 4.22. The Morgan fingerprint density at radius 2 is 2.16 bits per heavy atom. The number of carbonyl (C=O) groups is 1. The molecule has 4 nitrogen and oxygen atoms in total. The van der Waals surface area contributed by atoms with Crippen LogP contribution in [-0.4, -0.2) is 37.0 Å². The van der Waals surface area contributed by atoms with Gasteiger partial charge >= 0.3 is 0 Å². The van der Waals surface area contributed by atoms with E-state index in [1.165, 1.54) is 6.42 Å². The van der Waals surface area contributed by atoms with Gasteiger partial charge in [-0.25, -0.2) is 0 Å². The largest absolute Gasteiger partial charge is 0.353 e. The fourth-order valence-corrected chi connectivity index (χ4v) is 2.55. The van der Waals surface area contributed by atoms with Crippen molar-refractivity contribution in [3.8, 4) is 0 Å². The summed E-state index contributed by atoms with van der Waals surface area (Å²) in [5, 5.41) is 2.99. The maximum Gasteiger partial charge on any atom is 0.244 e. The van der Waals surface area contributed by atoms with E-state index in [2.05, 4.69) is 17.3 Å². The van der Waals surface area contributed by atoms with Crippen LogP contribution in [0.1, 0.15) is 25.3 Å². The van der Waals surface area contributed by atoms with Gasteiger partial charge in [-0.15, -0.1) is 0 Å². The first-order valence-electron chi connectivity index (χ1n) is 6.85. The summed E-state index contributed by atoms with van der Waals surface area (Å²) in [6, 6.07) is 9.94. The van der Waals surface area contributed by atoms with Crippen molar-refractivity contribution >= 4 is 5.91 Å². The van der Waals surface area contributed by atoms with Gasteiger partial charge in [0.1, 0.15) is 5.54 Å². The van der Waals surface area contributed by atoms with Crippen LogP contribution in [0.15, 0.2) is 30.3 Å². The first-order valence-corrected chi connectivity index (χ1v) is 6.85. The van der Waals surface area contributed by atoms with Gasteiger partial charge in [0.25, 0.3) is 0 Å². The molecule has 0 saturated carbocycles. The van der Waals surface area contributed by atoms with Crippen LogP contribution in [0.25, 0.3) is 0 Å². The van der Waals surface area contributed by atoms with Crippen LogP contribution < -0.4 is 11.1 Å². The molecule has 1 fully saturated rings. The number of amides is 1. The number of benzene rings is 1. The second kappa shape index (κ2) is 5.72. The normalized spacial score (nSPS) is 23.0. The highest BCUT2D eigenvalue weighted by Gasteiger charge is 2.31. The summed E-state index contributed by atoms with van der Waals surface area (Å²) in [6.45, 7) is 3.55. The number of likely N-dealkylation sites (tertiary alicyclic amines) is 1. The Morgan fingerprint density at radius 3 is 2.74 bits per heavy atom. The first-order chi connectivity index (χ1) is 9.01. The molecule has 104 valence electrons. The first kappa shape index (κ1) is 14.0. The average Bonchev–Trinajstić information content (AvgIpc) is 2.82. The third-order valence-corrected chi connectivity index (χ3v) is 4.01. The minimum absolute atomic E-state index is 0.112. The number of nitrogens with two attached hydrogens (primary N) is 1. The highest BCUT2D eigenvalue weighted by molar-refractivity contribution is 5.87. The van der Waals surface area contributed by atoms with E-state index in [-0.39, 0.29) is 5.91 Å². The lowest BCUT2D eigenvalue weighted by molar-refractivity contribution is -0.126. The van der Waals surface area contributed by atoms with Crippen molar-refractivity contribution < 1.29 is 4.79 Å². The number of hydrogen-bond acceptors (Lipinski definition) is 3. The van der Waals surface area contributed by atoms with Gasteiger partial charge in [0.15, 0.2) is 0 Å². The molecule has 0 spiro atoms.